The molecule has 11 heteroatoms. The molecule has 0 bridgehead atoms. The summed E-state index contributed by atoms with van der Waals surface area (Å²) in [6.07, 6.45) is 0.195. The molecule has 4 unspecified atom stereocenters. The highest BCUT2D eigenvalue weighted by atomic mass is 79.9. The maximum absolute atomic E-state index is 13.7. The number of anilines is 1. The van der Waals surface area contributed by atoms with E-state index in [-0.39, 0.29) is 30.9 Å². The van der Waals surface area contributed by atoms with Gasteiger partial charge in [-0.1, -0.05) is 28.1 Å². The number of hydrogen-bond acceptors (Lipinski definition) is 6. The van der Waals surface area contributed by atoms with Gasteiger partial charge in [0.15, 0.2) is 5.78 Å². The topological polar surface area (TPSA) is 159 Å². The molecule has 188 valence electrons. The Hall–Kier alpha value is -3.57. The molecule has 2 fully saturated rings. The van der Waals surface area contributed by atoms with Gasteiger partial charge in [-0.05, 0) is 61.7 Å². The first-order valence-electron chi connectivity index (χ1n) is 11.4. The molecular weight excluding hydrogens is 532 g/mol. The van der Waals surface area contributed by atoms with E-state index in [2.05, 4.69) is 26.6 Å². The van der Waals surface area contributed by atoms with E-state index in [1.165, 1.54) is 31.2 Å². The van der Waals surface area contributed by atoms with Crippen molar-refractivity contribution in [3.05, 3.63) is 64.1 Å². The molecule has 4 rings (SSSR count). The van der Waals surface area contributed by atoms with Crippen LogP contribution in [0, 0.1) is 11.8 Å². The van der Waals surface area contributed by atoms with Gasteiger partial charge in [-0.25, -0.2) is 9.69 Å². The number of benzene rings is 2. The van der Waals surface area contributed by atoms with Crippen molar-refractivity contribution in [3.8, 4) is 0 Å². The minimum Gasteiger partial charge on any atom is -0.480 e. The third kappa shape index (κ3) is 4.40. The second kappa shape index (κ2) is 9.82. The fourth-order valence-electron chi connectivity index (χ4n) is 5.17. The highest BCUT2D eigenvalue weighted by Gasteiger charge is 2.68. The summed E-state index contributed by atoms with van der Waals surface area (Å²) in [5.41, 5.74) is 4.73. The Morgan fingerprint density at radius 3 is 2.28 bits per heavy atom. The van der Waals surface area contributed by atoms with E-state index in [1.54, 1.807) is 24.3 Å². The standard InChI is InChI=1S/C25H25BrN4O6/c1-13(31)14-5-9-17(10-6-14)30-21(32)18-19(22(30)33)25(23(34)35,11-2-12-28-24(27)36)29-20(18)15-3-7-16(26)8-4-15/h3-10,18-20,29H,2,11-12H2,1H3,(H,34,35)(H3,27,28,36). The summed E-state index contributed by atoms with van der Waals surface area (Å²) in [6, 6.07) is 11.7. The molecule has 2 saturated heterocycles. The zero-order chi connectivity index (χ0) is 26.2. The number of carbonyl (C=O) groups excluding carboxylic acids is 4. The molecule has 2 aromatic carbocycles. The Balaban J connectivity index is 1.76. The first-order valence-corrected chi connectivity index (χ1v) is 12.1. The molecule has 36 heavy (non-hydrogen) atoms. The molecule has 2 aliphatic heterocycles. The predicted octanol–water partition coefficient (Wildman–Crippen LogP) is 2.37. The molecule has 0 radical (unpaired) electrons. The minimum atomic E-state index is -1.75. The molecule has 10 nitrogen and oxygen atoms in total. The summed E-state index contributed by atoms with van der Waals surface area (Å²) in [5.74, 6) is -4.71. The van der Waals surface area contributed by atoms with Crippen LogP contribution in [-0.4, -0.2) is 46.8 Å². The third-order valence-corrected chi connectivity index (χ3v) is 7.37. The van der Waals surface area contributed by atoms with Crippen LogP contribution in [0.15, 0.2) is 53.0 Å². The predicted molar refractivity (Wildman–Crippen MR) is 133 cm³/mol. The van der Waals surface area contributed by atoms with Gasteiger partial charge < -0.3 is 16.2 Å². The average Bonchev–Trinajstić information content (AvgIpc) is 3.31. The van der Waals surface area contributed by atoms with Crippen molar-refractivity contribution in [2.24, 2.45) is 17.6 Å². The van der Waals surface area contributed by atoms with Crippen LogP contribution in [0.3, 0.4) is 0 Å². The van der Waals surface area contributed by atoms with E-state index in [4.69, 9.17) is 5.73 Å². The van der Waals surface area contributed by atoms with Crippen molar-refractivity contribution in [2.75, 3.05) is 11.4 Å². The number of halogens is 1. The van der Waals surface area contributed by atoms with Gasteiger partial charge >= 0.3 is 12.0 Å². The largest absolute Gasteiger partial charge is 0.480 e. The number of aliphatic carboxylic acids is 1. The Morgan fingerprint density at radius 2 is 1.72 bits per heavy atom. The molecule has 0 spiro atoms. The van der Waals surface area contributed by atoms with Crippen molar-refractivity contribution in [3.63, 3.8) is 0 Å². The monoisotopic (exact) mass is 556 g/mol. The number of carboxylic acids is 1. The van der Waals surface area contributed by atoms with E-state index in [0.29, 0.717) is 11.1 Å². The fourth-order valence-corrected chi connectivity index (χ4v) is 5.44. The van der Waals surface area contributed by atoms with Crippen molar-refractivity contribution in [1.29, 1.82) is 0 Å². The van der Waals surface area contributed by atoms with E-state index in [9.17, 15) is 29.1 Å². The number of primary amides is 1. The number of Topliss-reactive ketones (excluding diaryl/α,β-unsaturated/α-hetero) is 1. The number of nitrogens with two attached hydrogens (primary N) is 1. The number of carbonyl (C=O) groups is 5. The number of hydrogen-bond donors (Lipinski definition) is 4. The van der Waals surface area contributed by atoms with Crippen molar-refractivity contribution >= 4 is 51.2 Å². The molecule has 4 amide bonds. The number of nitrogens with zero attached hydrogens (tertiary/aromatic N) is 1. The molecule has 2 aliphatic rings. The molecule has 5 N–H and O–H groups in total. The number of nitrogens with one attached hydrogen (secondary N) is 2. The second-order valence-corrected chi connectivity index (χ2v) is 9.88. The molecule has 2 aromatic rings. The number of fused-ring (bicyclic) bond motifs is 1. The van der Waals surface area contributed by atoms with Gasteiger partial charge in [0.1, 0.15) is 5.54 Å². The van der Waals surface area contributed by atoms with Crippen LogP contribution >= 0.6 is 15.9 Å². The van der Waals surface area contributed by atoms with E-state index in [1.807, 2.05) is 0 Å². The van der Waals surface area contributed by atoms with E-state index in [0.717, 1.165) is 9.37 Å². The van der Waals surface area contributed by atoms with Crippen LogP contribution in [0.1, 0.15) is 41.7 Å². The van der Waals surface area contributed by atoms with Crippen LogP contribution in [0.25, 0.3) is 0 Å². The zero-order valence-corrected chi connectivity index (χ0v) is 20.9. The van der Waals surface area contributed by atoms with E-state index < -0.39 is 47.2 Å². The number of carboxylic acid groups (broad SMARTS) is 1. The third-order valence-electron chi connectivity index (χ3n) is 6.84. The molecule has 0 saturated carbocycles. The Labute approximate surface area is 215 Å². The van der Waals surface area contributed by atoms with Gasteiger partial charge in [-0.3, -0.25) is 24.5 Å². The molecular formula is C25H25BrN4O6. The van der Waals surface area contributed by atoms with Crippen LogP contribution in [0.4, 0.5) is 10.5 Å². The number of rotatable bonds is 8. The van der Waals surface area contributed by atoms with E-state index >= 15 is 0 Å². The SMILES string of the molecule is CC(=O)c1ccc(N2C(=O)C3C(c4ccc(Br)cc4)NC(CCCNC(N)=O)(C(=O)O)C3C2=O)cc1. The van der Waals surface area contributed by atoms with Crippen molar-refractivity contribution in [1.82, 2.24) is 10.6 Å². The molecule has 4 atom stereocenters. The zero-order valence-electron chi connectivity index (χ0n) is 19.4. The lowest BCUT2D eigenvalue weighted by Crippen LogP contribution is -2.56. The van der Waals surface area contributed by atoms with Crippen LogP contribution in [-0.2, 0) is 14.4 Å². The minimum absolute atomic E-state index is 0.0209. The van der Waals surface area contributed by atoms with Crippen LogP contribution in [0.2, 0.25) is 0 Å². The smallest absolute Gasteiger partial charge is 0.324 e. The van der Waals surface area contributed by atoms with Gasteiger partial charge in [0.05, 0.1) is 17.5 Å². The number of urea groups is 1. The summed E-state index contributed by atoms with van der Waals surface area (Å²) in [4.78, 5) is 63.9. The van der Waals surface area contributed by atoms with Crippen molar-refractivity contribution < 1.29 is 29.1 Å². The maximum Gasteiger partial charge on any atom is 0.324 e. The lowest BCUT2D eigenvalue weighted by molar-refractivity contribution is -0.149. The average molecular weight is 557 g/mol. The Morgan fingerprint density at radius 1 is 1.08 bits per heavy atom. The van der Waals surface area contributed by atoms with Crippen molar-refractivity contribution in [2.45, 2.75) is 31.3 Å². The summed E-state index contributed by atoms with van der Waals surface area (Å²) in [5, 5.41) is 15.9. The Bertz CT molecular complexity index is 1230. The van der Waals surface area contributed by atoms with Crippen LogP contribution in [0.5, 0.6) is 0 Å². The van der Waals surface area contributed by atoms with Gasteiger partial charge in [0, 0.05) is 22.6 Å². The second-order valence-electron chi connectivity index (χ2n) is 8.96. The first-order chi connectivity index (χ1) is 17.1. The normalized spacial score (nSPS) is 25.1. The molecule has 2 heterocycles. The van der Waals surface area contributed by atoms with Crippen LogP contribution < -0.4 is 21.3 Å². The Kier molecular flexibility index (Phi) is 6.96. The summed E-state index contributed by atoms with van der Waals surface area (Å²) < 4.78 is 0.809. The fraction of sp³-hybridized carbons (Fsp3) is 0.320. The van der Waals surface area contributed by atoms with Gasteiger partial charge in [0.2, 0.25) is 11.8 Å². The highest BCUT2D eigenvalue weighted by molar-refractivity contribution is 9.10. The lowest BCUT2D eigenvalue weighted by atomic mass is 9.77. The lowest BCUT2D eigenvalue weighted by Gasteiger charge is -2.31. The maximum atomic E-state index is 13.7. The first kappa shape index (κ1) is 25.5. The number of ketones is 1. The van der Waals surface area contributed by atoms with Gasteiger partial charge in [-0.15, -0.1) is 0 Å². The summed E-state index contributed by atoms with van der Waals surface area (Å²) in [6.45, 7) is 1.53. The number of amides is 4. The quantitative estimate of drug-likeness (QED) is 0.220. The summed E-state index contributed by atoms with van der Waals surface area (Å²) in [7, 11) is 0. The highest BCUT2D eigenvalue weighted by Crippen LogP contribution is 2.51. The van der Waals surface area contributed by atoms with Gasteiger partial charge in [0.25, 0.3) is 0 Å². The molecule has 0 aliphatic carbocycles. The summed E-state index contributed by atoms with van der Waals surface area (Å²) >= 11 is 3.37. The number of imide groups is 1. The van der Waals surface area contributed by atoms with Gasteiger partial charge in [-0.2, -0.15) is 0 Å². The molecule has 0 aromatic heterocycles.